The van der Waals surface area contributed by atoms with Crippen LogP contribution in [0.2, 0.25) is 0 Å². The Bertz CT molecular complexity index is 813. The fourth-order valence-electron chi connectivity index (χ4n) is 2.16. The van der Waals surface area contributed by atoms with Crippen LogP contribution in [0.3, 0.4) is 0 Å². The van der Waals surface area contributed by atoms with E-state index in [9.17, 15) is 9.59 Å². The van der Waals surface area contributed by atoms with Crippen molar-refractivity contribution < 1.29 is 14.3 Å². The lowest BCUT2D eigenvalue weighted by atomic mass is 10.2. The summed E-state index contributed by atoms with van der Waals surface area (Å²) < 4.78 is 10.5. The van der Waals surface area contributed by atoms with E-state index in [1.807, 2.05) is 12.1 Å². The predicted molar refractivity (Wildman–Crippen MR) is 101 cm³/mol. The van der Waals surface area contributed by atoms with Crippen LogP contribution in [0.1, 0.15) is 11.3 Å². The van der Waals surface area contributed by atoms with Gasteiger partial charge in [0.2, 0.25) is 5.91 Å². The Kier molecular flexibility index (Phi) is 7.28. The second-order valence-corrected chi connectivity index (χ2v) is 6.29. The second-order valence-electron chi connectivity index (χ2n) is 5.32. The molecule has 0 aliphatic heterocycles. The van der Waals surface area contributed by atoms with E-state index in [2.05, 4.69) is 21.9 Å². The number of aromatic amines is 1. The van der Waals surface area contributed by atoms with Crippen LogP contribution in [-0.2, 0) is 17.0 Å². The molecule has 0 fully saturated rings. The summed E-state index contributed by atoms with van der Waals surface area (Å²) >= 11 is 1.36. The number of hydrogen-bond donors (Lipinski definition) is 2. The van der Waals surface area contributed by atoms with Crippen molar-refractivity contribution in [2.24, 2.45) is 0 Å². The molecule has 2 rings (SSSR count). The fourth-order valence-corrected chi connectivity index (χ4v) is 2.98. The average molecular weight is 375 g/mol. The van der Waals surface area contributed by atoms with Crippen molar-refractivity contribution in [2.45, 2.75) is 17.3 Å². The van der Waals surface area contributed by atoms with E-state index in [1.54, 1.807) is 26.4 Å². The highest BCUT2D eigenvalue weighted by atomic mass is 32.2. The number of H-pyrrole nitrogens is 1. The molecule has 0 saturated heterocycles. The standard InChI is InChI=1S/C18H21N3O4S/c1-4-5-19-16(22)8-13-9-17(23)21-18(20-13)26-11-12-6-14(24-2)10-15(7-12)25-3/h4,6-7,9-10H,1,5,8,11H2,2-3H3,(H,19,22)(H,20,21,23). The topological polar surface area (TPSA) is 93.3 Å². The molecular weight excluding hydrogens is 354 g/mol. The molecule has 0 spiro atoms. The van der Waals surface area contributed by atoms with E-state index < -0.39 is 0 Å². The lowest BCUT2D eigenvalue weighted by Crippen LogP contribution is -2.26. The van der Waals surface area contributed by atoms with E-state index in [0.717, 1.165) is 5.56 Å². The Morgan fingerprint density at radius 2 is 1.96 bits per heavy atom. The van der Waals surface area contributed by atoms with Gasteiger partial charge in [-0.15, -0.1) is 6.58 Å². The van der Waals surface area contributed by atoms with E-state index in [4.69, 9.17) is 9.47 Å². The normalized spacial score (nSPS) is 10.2. The first-order chi connectivity index (χ1) is 12.5. The molecule has 0 saturated carbocycles. The summed E-state index contributed by atoms with van der Waals surface area (Å²) in [5.41, 5.74) is 1.08. The molecule has 0 aliphatic rings. The minimum absolute atomic E-state index is 0.0400. The van der Waals surface area contributed by atoms with E-state index in [1.165, 1.54) is 17.8 Å². The van der Waals surface area contributed by atoms with Crippen molar-refractivity contribution in [2.75, 3.05) is 20.8 Å². The van der Waals surface area contributed by atoms with Gasteiger partial charge in [0.05, 0.1) is 26.3 Å². The maximum atomic E-state index is 11.8. The largest absolute Gasteiger partial charge is 0.497 e. The minimum Gasteiger partial charge on any atom is -0.497 e. The van der Waals surface area contributed by atoms with Crippen LogP contribution in [0.4, 0.5) is 0 Å². The molecule has 1 amide bonds. The van der Waals surface area contributed by atoms with Crippen molar-refractivity contribution in [3.05, 3.63) is 58.5 Å². The van der Waals surface area contributed by atoms with Gasteiger partial charge >= 0.3 is 0 Å². The Labute approximate surface area is 155 Å². The number of carbonyl (C=O) groups is 1. The predicted octanol–water partition coefficient (Wildman–Crippen LogP) is 1.92. The Hall–Kier alpha value is -2.74. The highest BCUT2D eigenvalue weighted by molar-refractivity contribution is 7.98. The van der Waals surface area contributed by atoms with Crippen molar-refractivity contribution in [3.63, 3.8) is 0 Å². The third kappa shape index (κ3) is 5.96. The quantitative estimate of drug-likeness (QED) is 0.395. The number of thioether (sulfide) groups is 1. The Morgan fingerprint density at radius 1 is 1.27 bits per heavy atom. The Morgan fingerprint density at radius 3 is 2.58 bits per heavy atom. The lowest BCUT2D eigenvalue weighted by Gasteiger charge is -2.08. The first-order valence-corrected chi connectivity index (χ1v) is 8.85. The highest BCUT2D eigenvalue weighted by Crippen LogP contribution is 2.26. The summed E-state index contributed by atoms with van der Waals surface area (Å²) in [6.45, 7) is 3.92. The fraction of sp³-hybridized carbons (Fsp3) is 0.278. The summed E-state index contributed by atoms with van der Waals surface area (Å²) in [5, 5.41) is 3.11. The molecule has 0 atom stereocenters. The first kappa shape index (κ1) is 19.6. The molecule has 1 heterocycles. The van der Waals surface area contributed by atoms with Crippen molar-refractivity contribution in [3.8, 4) is 11.5 Å². The Balaban J connectivity index is 2.09. The number of methoxy groups -OCH3 is 2. The highest BCUT2D eigenvalue weighted by Gasteiger charge is 2.08. The molecule has 8 heteroatoms. The summed E-state index contributed by atoms with van der Waals surface area (Å²) in [4.78, 5) is 30.6. The van der Waals surface area contributed by atoms with Crippen molar-refractivity contribution >= 4 is 17.7 Å². The van der Waals surface area contributed by atoms with Crippen molar-refractivity contribution in [1.82, 2.24) is 15.3 Å². The molecule has 0 bridgehead atoms. The molecule has 2 N–H and O–H groups in total. The van der Waals surface area contributed by atoms with Gasteiger partial charge in [-0.2, -0.15) is 0 Å². The van der Waals surface area contributed by atoms with Gasteiger partial charge in [0.1, 0.15) is 11.5 Å². The number of benzene rings is 1. The zero-order valence-electron chi connectivity index (χ0n) is 14.7. The SMILES string of the molecule is C=CCNC(=O)Cc1cc(=O)[nH]c(SCc2cc(OC)cc(OC)c2)n1. The van der Waals surface area contributed by atoms with Gasteiger partial charge in [-0.05, 0) is 17.7 Å². The maximum Gasteiger partial charge on any atom is 0.251 e. The smallest absolute Gasteiger partial charge is 0.251 e. The zero-order chi connectivity index (χ0) is 18.9. The van der Waals surface area contributed by atoms with Gasteiger partial charge in [-0.1, -0.05) is 17.8 Å². The number of amides is 1. The van der Waals surface area contributed by atoms with Gasteiger partial charge in [0, 0.05) is 24.4 Å². The molecule has 138 valence electrons. The molecule has 0 unspecified atom stereocenters. The van der Waals surface area contributed by atoms with Crippen LogP contribution < -0.4 is 20.3 Å². The van der Waals surface area contributed by atoms with Crippen LogP contribution >= 0.6 is 11.8 Å². The maximum absolute atomic E-state index is 11.8. The van der Waals surface area contributed by atoms with Crippen LogP contribution in [0.5, 0.6) is 11.5 Å². The number of hydrogen-bond acceptors (Lipinski definition) is 6. The van der Waals surface area contributed by atoms with Gasteiger partial charge in [-0.25, -0.2) is 4.98 Å². The monoisotopic (exact) mass is 375 g/mol. The molecule has 1 aromatic carbocycles. The van der Waals surface area contributed by atoms with Gasteiger partial charge in [-0.3, -0.25) is 9.59 Å². The number of nitrogens with one attached hydrogen (secondary N) is 2. The van der Waals surface area contributed by atoms with Crippen LogP contribution in [0.15, 0.2) is 46.9 Å². The van der Waals surface area contributed by atoms with Gasteiger partial charge in [0.25, 0.3) is 5.56 Å². The molecule has 0 radical (unpaired) electrons. The first-order valence-electron chi connectivity index (χ1n) is 7.86. The van der Waals surface area contributed by atoms with E-state index in [0.29, 0.717) is 34.6 Å². The second kappa shape index (κ2) is 9.67. The molecule has 2 aromatic rings. The third-order valence-corrected chi connectivity index (χ3v) is 4.29. The lowest BCUT2D eigenvalue weighted by molar-refractivity contribution is -0.120. The number of carbonyl (C=O) groups excluding carboxylic acids is 1. The molecule has 7 nitrogen and oxygen atoms in total. The summed E-state index contributed by atoms with van der Waals surface area (Å²) in [7, 11) is 3.18. The van der Waals surface area contributed by atoms with E-state index >= 15 is 0 Å². The minimum atomic E-state index is -0.294. The van der Waals surface area contributed by atoms with Gasteiger partial charge < -0.3 is 19.8 Å². The third-order valence-electron chi connectivity index (χ3n) is 3.35. The molecule has 1 aromatic heterocycles. The number of ether oxygens (including phenoxy) is 2. The number of nitrogens with zero attached hydrogens (tertiary/aromatic N) is 1. The van der Waals surface area contributed by atoms with Crippen LogP contribution in [0, 0.1) is 0 Å². The van der Waals surface area contributed by atoms with E-state index in [-0.39, 0.29) is 17.9 Å². The molecule has 0 aliphatic carbocycles. The summed E-state index contributed by atoms with van der Waals surface area (Å²) in [5.74, 6) is 1.72. The molecular formula is C18H21N3O4S. The summed E-state index contributed by atoms with van der Waals surface area (Å²) in [6, 6.07) is 6.89. The van der Waals surface area contributed by atoms with Crippen molar-refractivity contribution in [1.29, 1.82) is 0 Å². The molecule has 26 heavy (non-hydrogen) atoms. The number of aromatic nitrogens is 2. The summed E-state index contributed by atoms with van der Waals surface area (Å²) in [6.07, 6.45) is 1.63. The van der Waals surface area contributed by atoms with Crippen LogP contribution in [0.25, 0.3) is 0 Å². The number of rotatable bonds is 9. The van der Waals surface area contributed by atoms with Crippen LogP contribution in [-0.4, -0.2) is 36.6 Å². The zero-order valence-corrected chi connectivity index (χ0v) is 15.5. The van der Waals surface area contributed by atoms with Gasteiger partial charge in [0.15, 0.2) is 5.16 Å². The average Bonchev–Trinajstić information content (AvgIpc) is 2.63.